The number of carbonyl (C=O) groups excluding carboxylic acids is 2. The molecule has 5 nitrogen and oxygen atoms in total. The predicted molar refractivity (Wildman–Crippen MR) is 86.1 cm³/mol. The highest BCUT2D eigenvalue weighted by Gasteiger charge is 2.18. The maximum Gasteiger partial charge on any atom is 0.320 e. The summed E-state index contributed by atoms with van der Waals surface area (Å²) in [6, 6.07) is 7.41. The number of esters is 1. The number of carbonyl (C=O) groups is 2. The summed E-state index contributed by atoms with van der Waals surface area (Å²) in [6.07, 6.45) is 0. The highest BCUT2D eigenvalue weighted by Crippen LogP contribution is 2.14. The maximum atomic E-state index is 12.0. The maximum absolute atomic E-state index is 12.0. The first-order chi connectivity index (χ1) is 9.92. The molecule has 0 fully saturated rings. The Morgan fingerprint density at radius 1 is 1.24 bits per heavy atom. The fourth-order valence-corrected chi connectivity index (χ4v) is 1.98. The van der Waals surface area contributed by atoms with Gasteiger partial charge in [0.2, 0.25) is 5.91 Å². The van der Waals surface area contributed by atoms with Gasteiger partial charge in [0.25, 0.3) is 0 Å². The van der Waals surface area contributed by atoms with Crippen molar-refractivity contribution in [2.75, 3.05) is 25.0 Å². The monoisotopic (exact) mass is 356 g/mol. The van der Waals surface area contributed by atoms with E-state index in [9.17, 15) is 9.59 Å². The topological polar surface area (TPSA) is 58.6 Å². The normalized spacial score (nSPS) is 10.8. The number of nitrogens with one attached hydrogen (secondary N) is 1. The van der Waals surface area contributed by atoms with E-state index in [2.05, 4.69) is 21.2 Å². The third-order valence-corrected chi connectivity index (χ3v) is 3.37. The molecular formula is C15H21BrN2O3. The van der Waals surface area contributed by atoms with Crippen molar-refractivity contribution in [1.29, 1.82) is 0 Å². The zero-order valence-corrected chi connectivity index (χ0v) is 14.1. The summed E-state index contributed by atoms with van der Waals surface area (Å²) in [7, 11) is 0. The van der Waals surface area contributed by atoms with Crippen LogP contribution in [0.5, 0.6) is 0 Å². The molecule has 0 spiro atoms. The number of nitrogens with zero attached hydrogens (tertiary/aromatic N) is 1. The van der Waals surface area contributed by atoms with Crippen molar-refractivity contribution in [1.82, 2.24) is 4.90 Å². The number of anilines is 1. The minimum Gasteiger partial charge on any atom is -0.465 e. The molecule has 6 heteroatoms. The Kier molecular flexibility index (Phi) is 7.39. The van der Waals surface area contributed by atoms with E-state index < -0.39 is 0 Å². The van der Waals surface area contributed by atoms with Gasteiger partial charge in [-0.1, -0.05) is 15.9 Å². The standard InChI is InChI=1S/C15H21BrN2O3/c1-4-21-15(20)10-18(11(2)3)9-14(19)17-13-7-5-12(16)6-8-13/h5-8,11H,4,9-10H2,1-3H3,(H,17,19). The number of amides is 1. The van der Waals surface area contributed by atoms with Crippen LogP contribution >= 0.6 is 15.9 Å². The molecule has 0 bridgehead atoms. The van der Waals surface area contributed by atoms with Crippen molar-refractivity contribution in [2.45, 2.75) is 26.8 Å². The van der Waals surface area contributed by atoms with Gasteiger partial charge < -0.3 is 10.1 Å². The summed E-state index contributed by atoms with van der Waals surface area (Å²) in [6.45, 7) is 6.23. The van der Waals surface area contributed by atoms with Gasteiger partial charge in [-0.2, -0.15) is 0 Å². The number of rotatable bonds is 7. The van der Waals surface area contributed by atoms with Crippen LogP contribution in [-0.2, 0) is 14.3 Å². The Morgan fingerprint density at radius 3 is 2.38 bits per heavy atom. The van der Waals surface area contributed by atoms with Crippen LogP contribution in [-0.4, -0.2) is 42.5 Å². The largest absolute Gasteiger partial charge is 0.465 e. The van der Waals surface area contributed by atoms with Gasteiger partial charge >= 0.3 is 5.97 Å². The fourth-order valence-electron chi connectivity index (χ4n) is 1.71. The Bertz CT molecular complexity index is 474. The number of ether oxygens (including phenoxy) is 1. The lowest BCUT2D eigenvalue weighted by molar-refractivity contribution is -0.145. The molecule has 0 aliphatic rings. The van der Waals surface area contributed by atoms with Gasteiger partial charge in [0, 0.05) is 16.2 Å². The first-order valence-corrected chi connectivity index (χ1v) is 7.66. The lowest BCUT2D eigenvalue weighted by Gasteiger charge is -2.24. The first kappa shape index (κ1) is 17.7. The van der Waals surface area contributed by atoms with Gasteiger partial charge in [-0.3, -0.25) is 14.5 Å². The van der Waals surface area contributed by atoms with Crippen LogP contribution in [0.4, 0.5) is 5.69 Å². The van der Waals surface area contributed by atoms with Crippen LogP contribution in [0.1, 0.15) is 20.8 Å². The lowest BCUT2D eigenvalue weighted by atomic mass is 10.3. The molecule has 0 radical (unpaired) electrons. The van der Waals surface area contributed by atoms with E-state index in [0.717, 1.165) is 10.2 Å². The van der Waals surface area contributed by atoms with E-state index in [4.69, 9.17) is 4.74 Å². The molecule has 1 aromatic rings. The zero-order valence-electron chi connectivity index (χ0n) is 12.6. The van der Waals surface area contributed by atoms with Crippen LogP contribution in [0, 0.1) is 0 Å². The van der Waals surface area contributed by atoms with Crippen molar-refractivity contribution in [3.05, 3.63) is 28.7 Å². The van der Waals surface area contributed by atoms with Gasteiger partial charge in [0.05, 0.1) is 19.7 Å². The van der Waals surface area contributed by atoms with E-state index >= 15 is 0 Å². The van der Waals surface area contributed by atoms with Crippen molar-refractivity contribution in [3.8, 4) is 0 Å². The zero-order chi connectivity index (χ0) is 15.8. The summed E-state index contributed by atoms with van der Waals surface area (Å²) in [5.74, 6) is -0.474. The molecule has 0 heterocycles. The van der Waals surface area contributed by atoms with Crippen LogP contribution < -0.4 is 5.32 Å². The average molecular weight is 357 g/mol. The van der Waals surface area contributed by atoms with Crippen molar-refractivity contribution in [2.24, 2.45) is 0 Å². The van der Waals surface area contributed by atoms with Gasteiger partial charge in [-0.25, -0.2) is 0 Å². The summed E-state index contributed by atoms with van der Waals surface area (Å²) in [4.78, 5) is 25.3. The molecule has 0 saturated heterocycles. The molecule has 1 N–H and O–H groups in total. The lowest BCUT2D eigenvalue weighted by Crippen LogP contribution is -2.41. The Hall–Kier alpha value is -1.40. The second-order valence-corrected chi connectivity index (χ2v) is 5.77. The van der Waals surface area contributed by atoms with Crippen LogP contribution in [0.2, 0.25) is 0 Å². The Balaban J connectivity index is 2.56. The van der Waals surface area contributed by atoms with E-state index in [0.29, 0.717) is 6.61 Å². The molecule has 21 heavy (non-hydrogen) atoms. The van der Waals surface area contributed by atoms with E-state index in [1.54, 1.807) is 11.8 Å². The van der Waals surface area contributed by atoms with Crippen LogP contribution in [0.3, 0.4) is 0 Å². The predicted octanol–water partition coefficient (Wildman–Crippen LogP) is 2.66. The Morgan fingerprint density at radius 2 is 1.86 bits per heavy atom. The molecule has 1 amide bonds. The second kappa shape index (κ2) is 8.79. The summed E-state index contributed by atoms with van der Waals surface area (Å²) < 4.78 is 5.87. The van der Waals surface area contributed by atoms with Crippen LogP contribution in [0.25, 0.3) is 0 Å². The third-order valence-electron chi connectivity index (χ3n) is 2.84. The first-order valence-electron chi connectivity index (χ1n) is 6.87. The molecule has 0 unspecified atom stereocenters. The summed E-state index contributed by atoms with van der Waals surface area (Å²) in [5, 5.41) is 2.81. The molecule has 0 aliphatic heterocycles. The third kappa shape index (κ3) is 6.73. The summed E-state index contributed by atoms with van der Waals surface area (Å²) >= 11 is 3.34. The molecular weight excluding hydrogens is 336 g/mol. The minimum absolute atomic E-state index is 0.0741. The molecule has 116 valence electrons. The minimum atomic E-state index is -0.317. The highest BCUT2D eigenvalue weighted by atomic mass is 79.9. The number of hydrogen-bond acceptors (Lipinski definition) is 4. The quantitative estimate of drug-likeness (QED) is 0.763. The van der Waals surface area contributed by atoms with Crippen molar-refractivity contribution in [3.63, 3.8) is 0 Å². The van der Waals surface area contributed by atoms with E-state index in [1.807, 2.05) is 38.1 Å². The molecule has 0 aromatic heterocycles. The molecule has 0 saturated carbocycles. The fraction of sp³-hybridized carbons (Fsp3) is 0.467. The number of halogens is 1. The SMILES string of the molecule is CCOC(=O)CN(CC(=O)Nc1ccc(Br)cc1)C(C)C. The number of hydrogen-bond donors (Lipinski definition) is 1. The van der Waals surface area contributed by atoms with E-state index in [-0.39, 0.29) is 31.0 Å². The van der Waals surface area contributed by atoms with Gasteiger partial charge in [-0.15, -0.1) is 0 Å². The van der Waals surface area contributed by atoms with Gasteiger partial charge in [0.1, 0.15) is 0 Å². The number of benzene rings is 1. The van der Waals surface area contributed by atoms with Crippen molar-refractivity contribution < 1.29 is 14.3 Å². The highest BCUT2D eigenvalue weighted by molar-refractivity contribution is 9.10. The second-order valence-electron chi connectivity index (χ2n) is 4.86. The van der Waals surface area contributed by atoms with Gasteiger partial charge in [-0.05, 0) is 45.0 Å². The van der Waals surface area contributed by atoms with Gasteiger partial charge in [0.15, 0.2) is 0 Å². The van der Waals surface area contributed by atoms with Crippen LogP contribution in [0.15, 0.2) is 28.7 Å². The molecule has 1 aromatic carbocycles. The molecule has 0 atom stereocenters. The average Bonchev–Trinajstić information content (AvgIpc) is 2.41. The summed E-state index contributed by atoms with van der Waals surface area (Å²) in [5.41, 5.74) is 0.725. The van der Waals surface area contributed by atoms with Crippen molar-refractivity contribution >= 4 is 33.5 Å². The van der Waals surface area contributed by atoms with E-state index in [1.165, 1.54) is 0 Å². The smallest absolute Gasteiger partial charge is 0.320 e. The molecule has 1 rings (SSSR count). The molecule has 0 aliphatic carbocycles. The Labute approximate surface area is 133 Å².